The van der Waals surface area contributed by atoms with E-state index in [0.29, 0.717) is 16.6 Å². The van der Waals surface area contributed by atoms with Crippen molar-refractivity contribution >= 4 is 0 Å². The van der Waals surface area contributed by atoms with Crippen molar-refractivity contribution in [3.05, 3.63) is 23.3 Å². The van der Waals surface area contributed by atoms with Gasteiger partial charge in [0.1, 0.15) is 11.5 Å². The van der Waals surface area contributed by atoms with Crippen LogP contribution in [0.1, 0.15) is 102 Å². The van der Waals surface area contributed by atoms with E-state index in [9.17, 15) is 10.2 Å². The molecule has 0 atom stereocenters. The summed E-state index contributed by atoms with van der Waals surface area (Å²) in [6.45, 7) is 4.73. The van der Waals surface area contributed by atoms with Gasteiger partial charge in [-0.3, -0.25) is 0 Å². The molecule has 26 heavy (non-hydrogen) atoms. The van der Waals surface area contributed by atoms with Gasteiger partial charge in [0.2, 0.25) is 0 Å². The average Bonchev–Trinajstić information content (AvgIpc) is 3.51. The maximum Gasteiger partial charge on any atom is 0.122 e. The molecule has 0 saturated heterocycles. The molecule has 1 aromatic carbocycles. The molecule has 0 bridgehead atoms. The maximum absolute atomic E-state index is 10.3. The number of aromatic hydroxyl groups is 2. The number of unbranched alkanes of at least 4 members (excludes halogenated alkanes) is 3. The van der Waals surface area contributed by atoms with Gasteiger partial charge in [0.25, 0.3) is 0 Å². The summed E-state index contributed by atoms with van der Waals surface area (Å²) in [6, 6.07) is 3.40. The van der Waals surface area contributed by atoms with Gasteiger partial charge in [0.05, 0.1) is 0 Å². The van der Waals surface area contributed by atoms with Gasteiger partial charge in [-0.25, -0.2) is 0 Å². The van der Waals surface area contributed by atoms with Crippen LogP contribution >= 0.6 is 0 Å². The Morgan fingerprint density at radius 2 is 1.54 bits per heavy atom. The summed E-state index contributed by atoms with van der Waals surface area (Å²) in [5.74, 6) is 0.497. The summed E-state index contributed by atoms with van der Waals surface area (Å²) in [5, 5.41) is 20.2. The number of benzene rings is 1. The first kappa shape index (κ1) is 19.6. The Morgan fingerprint density at radius 3 is 2.19 bits per heavy atom. The fourth-order valence-corrected chi connectivity index (χ4v) is 4.48. The zero-order valence-electron chi connectivity index (χ0n) is 16.9. The van der Waals surface area contributed by atoms with Crippen LogP contribution in [0, 0.1) is 10.8 Å². The Morgan fingerprint density at radius 1 is 0.846 bits per heavy atom. The van der Waals surface area contributed by atoms with Crippen LogP contribution in [0.3, 0.4) is 0 Å². The normalized spacial score (nSPS) is 19.5. The molecule has 3 rings (SSSR count). The van der Waals surface area contributed by atoms with Crippen molar-refractivity contribution in [2.24, 2.45) is 10.8 Å². The summed E-state index contributed by atoms with van der Waals surface area (Å²) in [6.07, 6.45) is 17.7. The fraction of sp³-hybridized carbons (Fsp3) is 0.750. The number of phenolic OH excluding ortho intramolecular Hbond substituents is 2. The summed E-state index contributed by atoms with van der Waals surface area (Å²) in [5.41, 5.74) is 3.57. The zero-order valence-corrected chi connectivity index (χ0v) is 16.9. The van der Waals surface area contributed by atoms with Crippen LogP contribution in [-0.4, -0.2) is 10.2 Å². The second kappa shape index (κ2) is 8.23. The van der Waals surface area contributed by atoms with E-state index in [1.54, 1.807) is 0 Å². The minimum atomic E-state index is 0.203. The van der Waals surface area contributed by atoms with E-state index in [-0.39, 0.29) is 5.75 Å². The lowest BCUT2D eigenvalue weighted by atomic mass is 9.92. The number of rotatable bonds is 12. The second-order valence-corrected chi connectivity index (χ2v) is 9.53. The molecule has 1 aromatic rings. The highest BCUT2D eigenvalue weighted by Crippen LogP contribution is 2.52. The first-order chi connectivity index (χ1) is 12.5. The van der Waals surface area contributed by atoms with Crippen LogP contribution in [0.4, 0.5) is 0 Å². The lowest BCUT2D eigenvalue weighted by molar-refractivity contribution is 0.421. The van der Waals surface area contributed by atoms with Crippen molar-refractivity contribution in [3.63, 3.8) is 0 Å². The highest BCUT2D eigenvalue weighted by atomic mass is 16.3. The molecule has 2 nitrogen and oxygen atoms in total. The van der Waals surface area contributed by atoms with Gasteiger partial charge in [-0.1, -0.05) is 39.5 Å². The topological polar surface area (TPSA) is 40.5 Å². The van der Waals surface area contributed by atoms with Crippen LogP contribution in [0.15, 0.2) is 12.1 Å². The molecule has 2 fully saturated rings. The lowest BCUT2D eigenvalue weighted by Crippen LogP contribution is -2.00. The number of hydrogen-bond acceptors (Lipinski definition) is 2. The third-order valence-corrected chi connectivity index (χ3v) is 7.22. The van der Waals surface area contributed by atoms with Crippen molar-refractivity contribution in [1.82, 2.24) is 0 Å². The Bertz CT molecular complexity index is 596. The minimum absolute atomic E-state index is 0.203. The summed E-state index contributed by atoms with van der Waals surface area (Å²) < 4.78 is 0. The van der Waals surface area contributed by atoms with Crippen molar-refractivity contribution < 1.29 is 10.2 Å². The molecular weight excluding hydrogens is 320 g/mol. The van der Waals surface area contributed by atoms with E-state index in [1.807, 2.05) is 6.07 Å². The highest BCUT2D eigenvalue weighted by Gasteiger charge is 2.39. The van der Waals surface area contributed by atoms with E-state index < -0.39 is 0 Å². The number of phenols is 2. The quantitative estimate of drug-likeness (QED) is 0.399. The molecule has 0 aliphatic heterocycles. The van der Waals surface area contributed by atoms with E-state index >= 15 is 0 Å². The Hall–Kier alpha value is -1.18. The molecule has 0 spiro atoms. The van der Waals surface area contributed by atoms with Crippen molar-refractivity contribution in [1.29, 1.82) is 0 Å². The van der Waals surface area contributed by atoms with Crippen molar-refractivity contribution in [2.75, 3.05) is 0 Å². The standard InChI is InChI=1S/C24H38O2/c1-3-24(15-16-24)12-8-6-10-21-19(17-20(25)18-22(21)26)9-5-4-7-11-23(2)13-14-23/h17-18,25-26H,3-16H2,1-2H3. The smallest absolute Gasteiger partial charge is 0.122 e. The third kappa shape index (κ3) is 5.41. The molecule has 0 aromatic heterocycles. The molecule has 0 unspecified atom stereocenters. The zero-order chi connectivity index (χ0) is 18.6. The predicted octanol–water partition coefficient (Wildman–Crippen LogP) is 6.90. The average molecular weight is 359 g/mol. The van der Waals surface area contributed by atoms with Gasteiger partial charge in [0.15, 0.2) is 0 Å². The number of aryl methyl sites for hydroxylation is 1. The maximum atomic E-state index is 10.3. The van der Waals surface area contributed by atoms with Crippen LogP contribution in [-0.2, 0) is 12.8 Å². The van der Waals surface area contributed by atoms with Gasteiger partial charge in [-0.2, -0.15) is 0 Å². The Balaban J connectivity index is 1.45. The van der Waals surface area contributed by atoms with E-state index in [1.165, 1.54) is 70.3 Å². The molecule has 146 valence electrons. The fourth-order valence-electron chi connectivity index (χ4n) is 4.48. The summed E-state index contributed by atoms with van der Waals surface area (Å²) >= 11 is 0. The first-order valence-electron chi connectivity index (χ1n) is 11.0. The Labute approximate surface area is 160 Å². The molecule has 2 aliphatic rings. The largest absolute Gasteiger partial charge is 0.508 e. The van der Waals surface area contributed by atoms with E-state index in [0.717, 1.165) is 36.8 Å². The third-order valence-electron chi connectivity index (χ3n) is 7.22. The van der Waals surface area contributed by atoms with Crippen LogP contribution in [0.2, 0.25) is 0 Å². The minimum Gasteiger partial charge on any atom is -0.508 e. The monoisotopic (exact) mass is 358 g/mol. The van der Waals surface area contributed by atoms with Gasteiger partial charge >= 0.3 is 0 Å². The highest BCUT2D eigenvalue weighted by molar-refractivity contribution is 5.45. The number of hydrogen-bond donors (Lipinski definition) is 2. The molecule has 0 radical (unpaired) electrons. The van der Waals surface area contributed by atoms with Gasteiger partial charge in [0, 0.05) is 6.07 Å². The molecule has 2 saturated carbocycles. The van der Waals surface area contributed by atoms with Crippen molar-refractivity contribution in [3.8, 4) is 11.5 Å². The predicted molar refractivity (Wildman–Crippen MR) is 109 cm³/mol. The molecule has 0 heterocycles. The van der Waals surface area contributed by atoms with Crippen LogP contribution in [0.5, 0.6) is 11.5 Å². The van der Waals surface area contributed by atoms with E-state index in [4.69, 9.17) is 0 Å². The van der Waals surface area contributed by atoms with Crippen LogP contribution < -0.4 is 0 Å². The molecule has 2 heteroatoms. The van der Waals surface area contributed by atoms with Gasteiger partial charge in [-0.05, 0) is 92.2 Å². The molecular formula is C24H38O2. The van der Waals surface area contributed by atoms with Crippen molar-refractivity contribution in [2.45, 2.75) is 104 Å². The van der Waals surface area contributed by atoms with E-state index in [2.05, 4.69) is 13.8 Å². The first-order valence-corrected chi connectivity index (χ1v) is 11.0. The van der Waals surface area contributed by atoms with Gasteiger partial charge in [-0.15, -0.1) is 0 Å². The summed E-state index contributed by atoms with van der Waals surface area (Å²) in [7, 11) is 0. The lowest BCUT2D eigenvalue weighted by Gasteiger charge is -2.15. The Kier molecular flexibility index (Phi) is 6.20. The molecule has 2 aliphatic carbocycles. The summed E-state index contributed by atoms with van der Waals surface area (Å²) in [4.78, 5) is 0. The van der Waals surface area contributed by atoms with Crippen LogP contribution in [0.25, 0.3) is 0 Å². The van der Waals surface area contributed by atoms with Gasteiger partial charge < -0.3 is 10.2 Å². The molecule has 2 N–H and O–H groups in total. The molecule has 0 amide bonds. The SMILES string of the molecule is CCC1(CCCCc2c(O)cc(O)cc2CCCCCC2(C)CC2)CC1. The second-order valence-electron chi connectivity index (χ2n) is 9.53.